The number of nitrogens with one attached hydrogen (secondary N) is 1. The molecule has 0 saturated carbocycles. The van der Waals surface area contributed by atoms with Crippen LogP contribution in [0.25, 0.3) is 11.0 Å². The van der Waals surface area contributed by atoms with E-state index in [2.05, 4.69) is 48.0 Å². The molecule has 1 aliphatic rings. The number of benzene rings is 2. The number of carbonyl (C=O) groups excluding carboxylic acids is 1. The van der Waals surface area contributed by atoms with E-state index in [1.165, 1.54) is 28.5 Å². The number of carbonyl (C=O) groups is 2. The zero-order valence-corrected chi connectivity index (χ0v) is 26.7. The Morgan fingerprint density at radius 2 is 1.67 bits per heavy atom. The minimum Gasteiger partial charge on any atom is -0.478 e. The van der Waals surface area contributed by atoms with Crippen LogP contribution in [0.4, 0.5) is 5.82 Å². The van der Waals surface area contributed by atoms with Crippen molar-refractivity contribution < 1.29 is 23.1 Å². The van der Waals surface area contributed by atoms with E-state index in [4.69, 9.17) is 0 Å². The Hall–Kier alpha value is -4.42. The molecule has 236 valence electrons. The zero-order valence-electron chi connectivity index (χ0n) is 25.9. The molecule has 1 saturated heterocycles. The number of rotatable bonds is 9. The number of aromatic carboxylic acids is 1. The molecular formula is C33H38N6O5S. The van der Waals surface area contributed by atoms with E-state index in [-0.39, 0.29) is 47.6 Å². The average molecular weight is 631 g/mol. The number of aromatic nitrogens is 3. The molecule has 1 fully saturated rings. The van der Waals surface area contributed by atoms with Crippen molar-refractivity contribution in [1.82, 2.24) is 24.6 Å². The third-order valence-corrected chi connectivity index (χ3v) is 9.91. The van der Waals surface area contributed by atoms with Gasteiger partial charge < -0.3 is 15.3 Å². The summed E-state index contributed by atoms with van der Waals surface area (Å²) in [6.45, 7) is 8.74. The summed E-state index contributed by atoms with van der Waals surface area (Å²) in [6, 6.07) is 13.7. The molecule has 1 aliphatic heterocycles. The van der Waals surface area contributed by atoms with Crippen LogP contribution in [0, 0.1) is 0 Å². The first-order chi connectivity index (χ1) is 21.4. The molecule has 0 radical (unpaired) electrons. The summed E-state index contributed by atoms with van der Waals surface area (Å²) in [5.41, 5.74) is 3.34. The number of aryl methyl sites for hydroxylation is 1. The van der Waals surface area contributed by atoms with Crippen LogP contribution < -0.4 is 10.2 Å². The van der Waals surface area contributed by atoms with Gasteiger partial charge in [0.25, 0.3) is 0 Å². The van der Waals surface area contributed by atoms with E-state index in [0.29, 0.717) is 11.3 Å². The van der Waals surface area contributed by atoms with Crippen LogP contribution in [0.5, 0.6) is 0 Å². The minimum absolute atomic E-state index is 0.00570. The lowest BCUT2D eigenvalue weighted by Gasteiger charge is -2.40. The van der Waals surface area contributed by atoms with E-state index < -0.39 is 27.9 Å². The largest absolute Gasteiger partial charge is 0.478 e. The Labute approximate surface area is 263 Å². The highest BCUT2D eigenvalue weighted by molar-refractivity contribution is 7.89. The molecule has 1 amide bonds. The van der Waals surface area contributed by atoms with Gasteiger partial charge in [-0.2, -0.15) is 4.31 Å². The fraction of sp³-hybridized carbons (Fsp3) is 0.364. The van der Waals surface area contributed by atoms with Crippen LogP contribution in [0.3, 0.4) is 0 Å². The Morgan fingerprint density at radius 3 is 2.31 bits per heavy atom. The van der Waals surface area contributed by atoms with Crippen molar-refractivity contribution in [3.63, 3.8) is 0 Å². The maximum absolute atomic E-state index is 14.0. The van der Waals surface area contributed by atoms with Crippen molar-refractivity contribution >= 4 is 38.8 Å². The quantitative estimate of drug-likeness (QED) is 0.278. The van der Waals surface area contributed by atoms with E-state index in [1.54, 1.807) is 29.2 Å². The number of hydrogen-bond acceptors (Lipinski definition) is 8. The van der Waals surface area contributed by atoms with Gasteiger partial charge in [-0.3, -0.25) is 9.78 Å². The predicted molar refractivity (Wildman–Crippen MR) is 172 cm³/mol. The van der Waals surface area contributed by atoms with Crippen LogP contribution in [-0.4, -0.2) is 70.3 Å². The third kappa shape index (κ3) is 6.97. The van der Waals surface area contributed by atoms with Gasteiger partial charge in [0.1, 0.15) is 28.5 Å². The van der Waals surface area contributed by atoms with Crippen molar-refractivity contribution in [3.05, 3.63) is 89.4 Å². The summed E-state index contributed by atoms with van der Waals surface area (Å²) < 4.78 is 29.2. The van der Waals surface area contributed by atoms with E-state index >= 15 is 0 Å². The Balaban J connectivity index is 1.45. The Kier molecular flexibility index (Phi) is 9.17. The highest BCUT2D eigenvalue weighted by atomic mass is 32.2. The molecule has 1 atom stereocenters. The van der Waals surface area contributed by atoms with Crippen molar-refractivity contribution in [2.24, 2.45) is 0 Å². The number of nitrogens with zero attached hydrogens (tertiary/aromatic N) is 5. The second-order valence-electron chi connectivity index (χ2n) is 12.2. The molecule has 3 heterocycles. The van der Waals surface area contributed by atoms with Crippen LogP contribution >= 0.6 is 0 Å². The van der Waals surface area contributed by atoms with Crippen LogP contribution in [-0.2, 0) is 33.2 Å². The number of carboxylic acids is 1. The molecule has 2 N–H and O–H groups in total. The highest BCUT2D eigenvalue weighted by Gasteiger charge is 2.40. The van der Waals surface area contributed by atoms with Gasteiger partial charge in [0, 0.05) is 32.4 Å². The summed E-state index contributed by atoms with van der Waals surface area (Å²) in [6.07, 6.45) is 6.13. The van der Waals surface area contributed by atoms with Gasteiger partial charge >= 0.3 is 5.97 Å². The molecule has 2 aromatic heterocycles. The molecule has 45 heavy (non-hydrogen) atoms. The minimum atomic E-state index is -4.05. The number of hydrogen-bond donors (Lipinski definition) is 2. The topological polar surface area (TPSA) is 146 Å². The first-order valence-electron chi connectivity index (χ1n) is 15.0. The van der Waals surface area contributed by atoms with Crippen molar-refractivity contribution in [2.75, 3.05) is 24.5 Å². The fourth-order valence-corrected chi connectivity index (χ4v) is 6.96. The monoisotopic (exact) mass is 630 g/mol. The maximum Gasteiger partial charge on any atom is 0.339 e. The molecule has 4 aromatic rings. The summed E-state index contributed by atoms with van der Waals surface area (Å²) in [7, 11) is -4.05. The number of pyridine rings is 1. The fourth-order valence-electron chi connectivity index (χ4n) is 5.39. The second-order valence-corrected chi connectivity index (χ2v) is 14.1. The van der Waals surface area contributed by atoms with Gasteiger partial charge in [0.2, 0.25) is 15.9 Å². The average Bonchev–Trinajstić information content (AvgIpc) is 3.03. The number of sulfonamides is 1. The van der Waals surface area contributed by atoms with Gasteiger partial charge in [0.05, 0.1) is 17.3 Å². The number of piperazine rings is 1. The summed E-state index contributed by atoms with van der Waals surface area (Å²) >= 11 is 0. The van der Waals surface area contributed by atoms with Gasteiger partial charge in [-0.1, -0.05) is 70.5 Å². The molecule has 0 spiro atoms. The summed E-state index contributed by atoms with van der Waals surface area (Å²) in [5.74, 6) is -1.29. The standard InChI is InChI=1S/C33H38N6O5S/c1-5-6-22-7-9-23(10-8-22)17-36-31(40)28-21-38(29-20-35-27-19-34-18-26(32(41)42)30(27)37-29)15-16-39(28)45(43,44)25-13-11-24(12-14-25)33(2,3)4/h7-14,18-20,28H,5-6,15-17,21H2,1-4H3,(H,36,40)(H,41,42). The van der Waals surface area contributed by atoms with Crippen LogP contribution in [0.15, 0.2) is 72.0 Å². The molecule has 12 heteroatoms. The van der Waals surface area contributed by atoms with Gasteiger partial charge in [-0.15, -0.1) is 0 Å². The second kappa shape index (κ2) is 12.9. The molecular weight excluding hydrogens is 592 g/mol. The number of fused-ring (bicyclic) bond motifs is 1. The van der Waals surface area contributed by atoms with Gasteiger partial charge in [0.15, 0.2) is 0 Å². The first kappa shape index (κ1) is 32.0. The van der Waals surface area contributed by atoms with Crippen molar-refractivity contribution in [1.29, 1.82) is 0 Å². The lowest BCUT2D eigenvalue weighted by Crippen LogP contribution is -2.60. The molecule has 0 bridgehead atoms. The molecule has 1 unspecified atom stereocenters. The molecule has 2 aromatic carbocycles. The normalized spacial score (nSPS) is 16.1. The van der Waals surface area contributed by atoms with Crippen molar-refractivity contribution in [2.45, 2.75) is 63.4 Å². The number of anilines is 1. The summed E-state index contributed by atoms with van der Waals surface area (Å²) in [4.78, 5) is 40.3. The maximum atomic E-state index is 14.0. The summed E-state index contributed by atoms with van der Waals surface area (Å²) in [5, 5.41) is 12.6. The smallest absolute Gasteiger partial charge is 0.339 e. The zero-order chi connectivity index (χ0) is 32.4. The highest BCUT2D eigenvalue weighted by Crippen LogP contribution is 2.28. The SMILES string of the molecule is CCCc1ccc(CNC(=O)C2CN(c3cnc4cncc(C(=O)O)c4n3)CCN2S(=O)(=O)c2ccc(C(C)(C)C)cc2)cc1. The van der Waals surface area contributed by atoms with Gasteiger partial charge in [-0.25, -0.2) is 23.2 Å². The molecule has 11 nitrogen and oxygen atoms in total. The van der Waals surface area contributed by atoms with Gasteiger partial charge in [-0.05, 0) is 40.7 Å². The molecule has 5 rings (SSSR count). The van der Waals surface area contributed by atoms with E-state index in [9.17, 15) is 23.1 Å². The third-order valence-electron chi connectivity index (χ3n) is 7.99. The Morgan fingerprint density at radius 1 is 0.978 bits per heavy atom. The van der Waals surface area contributed by atoms with Crippen molar-refractivity contribution in [3.8, 4) is 0 Å². The first-order valence-corrected chi connectivity index (χ1v) is 16.4. The lowest BCUT2D eigenvalue weighted by atomic mass is 9.87. The number of amides is 1. The number of carboxylic acid groups (broad SMARTS) is 1. The van der Waals surface area contributed by atoms with E-state index in [1.807, 2.05) is 24.3 Å². The predicted octanol–water partition coefficient (Wildman–Crippen LogP) is 4.17. The van der Waals surface area contributed by atoms with Crippen LogP contribution in [0.1, 0.15) is 61.2 Å². The lowest BCUT2D eigenvalue weighted by molar-refractivity contribution is -0.125. The molecule has 0 aliphatic carbocycles. The van der Waals surface area contributed by atoms with Crippen LogP contribution in [0.2, 0.25) is 0 Å². The Bertz CT molecular complexity index is 1800. The van der Waals surface area contributed by atoms with E-state index in [0.717, 1.165) is 24.0 Å².